The largest absolute Gasteiger partial charge is 0.0995 e. The lowest BCUT2D eigenvalue weighted by Gasteiger charge is -2.26. The summed E-state index contributed by atoms with van der Waals surface area (Å²) in [4.78, 5) is 0. The molecule has 1 fully saturated rings. The topological polar surface area (TPSA) is 0 Å². The van der Waals surface area contributed by atoms with Gasteiger partial charge < -0.3 is 0 Å². The fraction of sp³-hybridized carbons (Fsp3) is 0.700. The third kappa shape index (κ3) is 3.65. The van der Waals surface area contributed by atoms with Crippen LogP contribution in [-0.4, -0.2) is 0 Å². The van der Waals surface area contributed by atoms with Crippen LogP contribution in [0.2, 0.25) is 0 Å². The Kier molecular flexibility index (Phi) is 5.29. The van der Waals surface area contributed by atoms with Crippen molar-refractivity contribution in [2.75, 3.05) is 0 Å². The van der Waals surface area contributed by atoms with Gasteiger partial charge in [0.15, 0.2) is 0 Å². The lowest BCUT2D eigenvalue weighted by molar-refractivity contribution is 0.273. The van der Waals surface area contributed by atoms with E-state index in [4.69, 9.17) is 0 Å². The van der Waals surface area contributed by atoms with Crippen LogP contribution < -0.4 is 0 Å². The summed E-state index contributed by atoms with van der Waals surface area (Å²) < 4.78 is 0. The zero-order valence-electron chi connectivity index (χ0n) is 13.9. The van der Waals surface area contributed by atoms with Gasteiger partial charge in [0.2, 0.25) is 0 Å². The molecule has 0 bridgehead atoms. The summed E-state index contributed by atoms with van der Waals surface area (Å²) in [7, 11) is 0. The Hall–Kier alpha value is -0.780. The number of allylic oxidation sites excluding steroid dienone is 5. The minimum Gasteiger partial charge on any atom is -0.0995 e. The first-order chi connectivity index (χ1) is 9.49. The van der Waals surface area contributed by atoms with Gasteiger partial charge in [0.25, 0.3) is 0 Å². The van der Waals surface area contributed by atoms with Crippen molar-refractivity contribution in [3.05, 3.63) is 35.5 Å². The van der Waals surface area contributed by atoms with E-state index in [1.807, 2.05) is 0 Å². The molecule has 0 amide bonds. The summed E-state index contributed by atoms with van der Waals surface area (Å²) in [6.45, 7) is 13.6. The molecule has 0 saturated heterocycles. The molecule has 2 rings (SSSR count). The minimum atomic E-state index is 0.769. The second kappa shape index (κ2) is 6.78. The quantitative estimate of drug-likeness (QED) is 0.526. The molecule has 4 unspecified atom stereocenters. The average Bonchev–Trinajstić information content (AvgIpc) is 2.65. The van der Waals surface area contributed by atoms with Gasteiger partial charge in [0.05, 0.1) is 0 Å². The third-order valence-electron chi connectivity index (χ3n) is 5.66. The first kappa shape index (κ1) is 15.6. The Morgan fingerprint density at radius 2 is 2.15 bits per heavy atom. The lowest BCUT2D eigenvalue weighted by atomic mass is 9.79. The molecular formula is C20H32. The zero-order valence-corrected chi connectivity index (χ0v) is 13.9. The van der Waals surface area contributed by atoms with E-state index in [-0.39, 0.29) is 0 Å². The molecule has 0 N–H and O–H groups in total. The van der Waals surface area contributed by atoms with Gasteiger partial charge in [-0.05, 0) is 83.0 Å². The van der Waals surface area contributed by atoms with Crippen molar-refractivity contribution in [1.29, 1.82) is 0 Å². The van der Waals surface area contributed by atoms with Gasteiger partial charge in [0.1, 0.15) is 0 Å². The Labute approximate surface area is 126 Å². The van der Waals surface area contributed by atoms with Crippen LogP contribution in [0, 0.1) is 23.7 Å². The van der Waals surface area contributed by atoms with Crippen LogP contribution >= 0.6 is 0 Å². The molecule has 0 aliphatic heterocycles. The Morgan fingerprint density at radius 1 is 1.40 bits per heavy atom. The number of hydrogen-bond donors (Lipinski definition) is 0. The molecule has 0 heterocycles. The van der Waals surface area contributed by atoms with E-state index in [1.165, 1.54) is 49.7 Å². The molecule has 2 aliphatic carbocycles. The molecular weight excluding hydrogens is 240 g/mol. The smallest absolute Gasteiger partial charge is 0.0106 e. The molecule has 0 aromatic rings. The van der Waals surface area contributed by atoms with Gasteiger partial charge in [-0.15, -0.1) is 0 Å². The van der Waals surface area contributed by atoms with Crippen LogP contribution in [0.4, 0.5) is 0 Å². The highest BCUT2D eigenvalue weighted by atomic mass is 14.4. The number of hydrogen-bond acceptors (Lipinski definition) is 0. The van der Waals surface area contributed by atoms with Gasteiger partial charge in [0, 0.05) is 0 Å². The summed E-state index contributed by atoms with van der Waals surface area (Å²) in [5.74, 6) is 3.32. The molecule has 1 saturated carbocycles. The van der Waals surface area contributed by atoms with Crippen molar-refractivity contribution >= 4 is 0 Å². The van der Waals surface area contributed by atoms with Crippen molar-refractivity contribution in [2.45, 2.75) is 66.2 Å². The molecule has 112 valence electrons. The molecule has 0 nitrogen and oxygen atoms in total. The molecule has 4 atom stereocenters. The maximum Gasteiger partial charge on any atom is -0.0106 e. The van der Waals surface area contributed by atoms with Crippen LogP contribution in [0.3, 0.4) is 0 Å². The Morgan fingerprint density at radius 3 is 2.85 bits per heavy atom. The van der Waals surface area contributed by atoms with Crippen molar-refractivity contribution in [3.63, 3.8) is 0 Å². The fourth-order valence-electron chi connectivity index (χ4n) is 4.13. The lowest BCUT2D eigenvalue weighted by Crippen LogP contribution is -2.17. The highest BCUT2D eigenvalue weighted by Gasteiger charge is 2.35. The van der Waals surface area contributed by atoms with Gasteiger partial charge in [-0.25, -0.2) is 0 Å². The molecule has 0 radical (unpaired) electrons. The average molecular weight is 272 g/mol. The highest BCUT2D eigenvalue weighted by molar-refractivity contribution is 5.22. The van der Waals surface area contributed by atoms with E-state index in [9.17, 15) is 0 Å². The van der Waals surface area contributed by atoms with Crippen molar-refractivity contribution in [2.24, 2.45) is 23.7 Å². The second-order valence-corrected chi connectivity index (χ2v) is 7.43. The van der Waals surface area contributed by atoms with Crippen LogP contribution in [0.1, 0.15) is 66.2 Å². The molecule has 20 heavy (non-hydrogen) atoms. The van der Waals surface area contributed by atoms with E-state index < -0.39 is 0 Å². The standard InChI is InChI=1S/C20H32/c1-14(2)7-6-8-15(3)18-11-9-16(4)19-12-10-17(5)20(19)13-18/h7,10,15,18-20H,4,6,8-9,11-13H2,1-3,5H3. The van der Waals surface area contributed by atoms with Crippen LogP contribution in [0.25, 0.3) is 0 Å². The maximum absolute atomic E-state index is 4.39. The van der Waals surface area contributed by atoms with Crippen LogP contribution in [0.15, 0.2) is 35.5 Å². The zero-order chi connectivity index (χ0) is 14.7. The molecule has 2 aliphatic rings. The Bertz CT molecular complexity index is 406. The molecule has 0 aromatic heterocycles. The molecule has 0 spiro atoms. The van der Waals surface area contributed by atoms with Crippen molar-refractivity contribution in [3.8, 4) is 0 Å². The summed E-state index contributed by atoms with van der Waals surface area (Å²) in [6, 6.07) is 0. The number of fused-ring (bicyclic) bond motifs is 1. The molecule has 0 aromatic carbocycles. The monoisotopic (exact) mass is 272 g/mol. The first-order valence-corrected chi connectivity index (χ1v) is 8.46. The predicted molar refractivity (Wildman–Crippen MR) is 89.7 cm³/mol. The highest BCUT2D eigenvalue weighted by Crippen LogP contribution is 2.46. The number of rotatable bonds is 4. The summed E-state index contributed by atoms with van der Waals surface area (Å²) in [5, 5.41) is 0. The van der Waals surface area contributed by atoms with Crippen molar-refractivity contribution in [1.82, 2.24) is 0 Å². The van der Waals surface area contributed by atoms with E-state index in [0.717, 1.165) is 23.7 Å². The van der Waals surface area contributed by atoms with Crippen LogP contribution in [-0.2, 0) is 0 Å². The fourth-order valence-corrected chi connectivity index (χ4v) is 4.13. The van der Waals surface area contributed by atoms with Gasteiger partial charge in [-0.3, -0.25) is 0 Å². The Balaban J connectivity index is 1.96. The third-order valence-corrected chi connectivity index (χ3v) is 5.66. The molecule has 0 heteroatoms. The normalized spacial score (nSPS) is 31.3. The van der Waals surface area contributed by atoms with E-state index >= 15 is 0 Å². The minimum absolute atomic E-state index is 0.769. The van der Waals surface area contributed by atoms with Gasteiger partial charge in [-0.1, -0.05) is 42.4 Å². The second-order valence-electron chi connectivity index (χ2n) is 7.43. The van der Waals surface area contributed by atoms with E-state index in [1.54, 1.807) is 5.57 Å². The van der Waals surface area contributed by atoms with Crippen LogP contribution in [0.5, 0.6) is 0 Å². The van der Waals surface area contributed by atoms with Crippen molar-refractivity contribution < 1.29 is 0 Å². The maximum atomic E-state index is 4.39. The SMILES string of the molecule is C=C1CCC(C(C)CCC=C(C)C)CC2C(C)=CCC12. The first-order valence-electron chi connectivity index (χ1n) is 8.46. The summed E-state index contributed by atoms with van der Waals surface area (Å²) in [6.07, 6.45) is 12.8. The van der Waals surface area contributed by atoms with Gasteiger partial charge in [-0.2, -0.15) is 0 Å². The predicted octanol–water partition coefficient (Wildman–Crippen LogP) is 6.31. The summed E-state index contributed by atoms with van der Waals surface area (Å²) >= 11 is 0. The summed E-state index contributed by atoms with van der Waals surface area (Å²) in [5.41, 5.74) is 4.63. The van der Waals surface area contributed by atoms with E-state index in [2.05, 4.69) is 46.4 Å². The van der Waals surface area contributed by atoms with E-state index in [0.29, 0.717) is 0 Å². The van der Waals surface area contributed by atoms with Gasteiger partial charge >= 0.3 is 0 Å².